The molecule has 1 aromatic heterocycles. The molecule has 3 aromatic rings. The molecule has 2 aliphatic heterocycles. The van der Waals surface area contributed by atoms with E-state index in [0.29, 0.717) is 18.7 Å². The molecule has 0 spiro atoms. The predicted molar refractivity (Wildman–Crippen MR) is 115 cm³/mol. The quantitative estimate of drug-likeness (QED) is 0.693. The number of piperidine rings is 1. The molecule has 6 heteroatoms. The Hall–Kier alpha value is -2.86. The first-order chi connectivity index (χ1) is 14.8. The standard InChI is InChI=1S/C24H27N3O3/c28-24(17-6-3-8-19(14-17)30-16-20-9-5-13-29-20)27-12-4-7-18(15-27)23-25-21-10-1-2-11-22(21)26-23/h1-3,6,8,10-11,14,18,20H,4-5,7,9,12-13,15-16H2,(H,25,26)/t18-,20+/m1/s1. The molecule has 0 saturated carbocycles. The molecule has 2 saturated heterocycles. The molecule has 2 fully saturated rings. The number of rotatable bonds is 5. The number of carbonyl (C=O) groups is 1. The second-order valence-electron chi connectivity index (χ2n) is 8.20. The van der Waals surface area contributed by atoms with Crippen LogP contribution in [0.15, 0.2) is 48.5 Å². The van der Waals surface area contributed by atoms with E-state index in [4.69, 9.17) is 14.5 Å². The number of likely N-dealkylation sites (tertiary alicyclic amines) is 1. The molecule has 6 nitrogen and oxygen atoms in total. The summed E-state index contributed by atoms with van der Waals surface area (Å²) in [4.78, 5) is 23.3. The summed E-state index contributed by atoms with van der Waals surface area (Å²) in [7, 11) is 0. The second kappa shape index (κ2) is 8.48. The minimum absolute atomic E-state index is 0.0541. The number of fused-ring (bicyclic) bond motifs is 1. The Bertz CT molecular complexity index is 992. The number of imidazole rings is 1. The molecule has 1 amide bonds. The zero-order valence-electron chi connectivity index (χ0n) is 17.0. The van der Waals surface area contributed by atoms with Crippen molar-refractivity contribution in [3.63, 3.8) is 0 Å². The van der Waals surface area contributed by atoms with Crippen molar-refractivity contribution < 1.29 is 14.3 Å². The largest absolute Gasteiger partial charge is 0.491 e. The summed E-state index contributed by atoms with van der Waals surface area (Å²) in [6.45, 7) is 2.81. The van der Waals surface area contributed by atoms with Crippen molar-refractivity contribution in [2.75, 3.05) is 26.3 Å². The van der Waals surface area contributed by atoms with Crippen molar-refractivity contribution in [3.05, 3.63) is 59.9 Å². The highest BCUT2D eigenvalue weighted by Crippen LogP contribution is 2.28. The van der Waals surface area contributed by atoms with E-state index < -0.39 is 0 Å². The lowest BCUT2D eigenvalue weighted by molar-refractivity contribution is 0.0673. The molecule has 2 atom stereocenters. The van der Waals surface area contributed by atoms with E-state index in [0.717, 1.165) is 61.4 Å². The number of nitrogens with zero attached hydrogens (tertiary/aromatic N) is 2. The third-order valence-electron chi connectivity index (χ3n) is 6.04. The summed E-state index contributed by atoms with van der Waals surface area (Å²) in [5.41, 5.74) is 2.70. The number of H-pyrrole nitrogens is 1. The minimum atomic E-state index is 0.0541. The number of para-hydroxylation sites is 2. The summed E-state index contributed by atoms with van der Waals surface area (Å²) in [5, 5.41) is 0. The lowest BCUT2D eigenvalue weighted by Crippen LogP contribution is -2.39. The normalized spacial score (nSPS) is 21.8. The number of amides is 1. The number of nitrogens with one attached hydrogen (secondary N) is 1. The van der Waals surface area contributed by atoms with Crippen molar-refractivity contribution in [1.82, 2.24) is 14.9 Å². The van der Waals surface area contributed by atoms with Gasteiger partial charge in [0.25, 0.3) is 5.91 Å². The van der Waals surface area contributed by atoms with Crippen molar-refractivity contribution in [1.29, 1.82) is 0 Å². The number of hydrogen-bond acceptors (Lipinski definition) is 4. The minimum Gasteiger partial charge on any atom is -0.491 e. The predicted octanol–water partition coefficient (Wildman–Crippen LogP) is 4.14. The van der Waals surface area contributed by atoms with Crippen LogP contribution in [0.3, 0.4) is 0 Å². The zero-order chi connectivity index (χ0) is 20.3. The monoisotopic (exact) mass is 405 g/mol. The maximum Gasteiger partial charge on any atom is 0.254 e. The number of aromatic amines is 1. The SMILES string of the molecule is O=C(c1cccc(OC[C@@H]2CCCO2)c1)N1CCC[C@@H](c2nc3ccccc3[nH]2)C1. The van der Waals surface area contributed by atoms with Crippen LogP contribution in [0.2, 0.25) is 0 Å². The lowest BCUT2D eigenvalue weighted by Gasteiger charge is -2.32. The molecule has 5 rings (SSSR count). The van der Waals surface area contributed by atoms with Crippen LogP contribution in [0.4, 0.5) is 0 Å². The average molecular weight is 405 g/mol. The van der Waals surface area contributed by atoms with Gasteiger partial charge in [0.2, 0.25) is 0 Å². The number of ether oxygens (including phenoxy) is 2. The molecular weight excluding hydrogens is 378 g/mol. The Morgan fingerprint density at radius 3 is 2.97 bits per heavy atom. The molecule has 30 heavy (non-hydrogen) atoms. The molecular formula is C24H27N3O3. The number of hydrogen-bond donors (Lipinski definition) is 1. The van der Waals surface area contributed by atoms with E-state index in [1.54, 1.807) is 0 Å². The van der Waals surface area contributed by atoms with Gasteiger partial charge in [-0.05, 0) is 56.0 Å². The maximum atomic E-state index is 13.2. The van der Waals surface area contributed by atoms with Crippen LogP contribution in [0.1, 0.15) is 47.8 Å². The summed E-state index contributed by atoms with van der Waals surface area (Å²) >= 11 is 0. The van der Waals surface area contributed by atoms with Crippen LogP contribution >= 0.6 is 0 Å². The van der Waals surface area contributed by atoms with Crippen molar-refractivity contribution in [2.45, 2.75) is 37.7 Å². The van der Waals surface area contributed by atoms with Crippen molar-refractivity contribution in [2.24, 2.45) is 0 Å². The third kappa shape index (κ3) is 4.05. The van der Waals surface area contributed by atoms with Gasteiger partial charge in [0.15, 0.2) is 0 Å². The highest BCUT2D eigenvalue weighted by molar-refractivity contribution is 5.94. The summed E-state index contributed by atoms with van der Waals surface area (Å²) < 4.78 is 11.5. The first kappa shape index (κ1) is 19.1. The Balaban J connectivity index is 1.26. The average Bonchev–Trinajstić information content (AvgIpc) is 3.47. The molecule has 0 bridgehead atoms. The number of benzene rings is 2. The van der Waals surface area contributed by atoms with Gasteiger partial charge in [0.05, 0.1) is 17.1 Å². The van der Waals surface area contributed by atoms with Gasteiger partial charge in [-0.3, -0.25) is 4.79 Å². The Labute approximate surface area is 176 Å². The highest BCUT2D eigenvalue weighted by atomic mass is 16.5. The molecule has 2 aromatic carbocycles. The molecule has 2 aliphatic rings. The second-order valence-corrected chi connectivity index (χ2v) is 8.20. The fourth-order valence-electron chi connectivity index (χ4n) is 4.42. The molecule has 156 valence electrons. The van der Waals surface area contributed by atoms with Gasteiger partial charge >= 0.3 is 0 Å². The van der Waals surface area contributed by atoms with Crippen LogP contribution in [-0.4, -0.2) is 53.2 Å². The van der Waals surface area contributed by atoms with Gasteiger partial charge < -0.3 is 19.4 Å². The van der Waals surface area contributed by atoms with Crippen LogP contribution in [-0.2, 0) is 4.74 Å². The Morgan fingerprint density at radius 1 is 1.17 bits per heavy atom. The van der Waals surface area contributed by atoms with Crippen LogP contribution < -0.4 is 4.74 Å². The zero-order valence-corrected chi connectivity index (χ0v) is 17.0. The number of aromatic nitrogens is 2. The smallest absolute Gasteiger partial charge is 0.254 e. The lowest BCUT2D eigenvalue weighted by atomic mass is 9.96. The van der Waals surface area contributed by atoms with Crippen LogP contribution in [0, 0.1) is 0 Å². The van der Waals surface area contributed by atoms with E-state index in [-0.39, 0.29) is 17.9 Å². The van der Waals surface area contributed by atoms with E-state index in [1.807, 2.05) is 53.4 Å². The molecule has 0 radical (unpaired) electrons. The van der Waals surface area contributed by atoms with E-state index in [9.17, 15) is 4.79 Å². The van der Waals surface area contributed by atoms with Gasteiger partial charge in [0.1, 0.15) is 18.2 Å². The van der Waals surface area contributed by atoms with E-state index in [2.05, 4.69) is 4.98 Å². The van der Waals surface area contributed by atoms with Gasteiger partial charge in [-0.1, -0.05) is 18.2 Å². The fraction of sp³-hybridized carbons (Fsp3) is 0.417. The fourth-order valence-corrected chi connectivity index (χ4v) is 4.42. The van der Waals surface area contributed by atoms with Gasteiger partial charge in [0, 0.05) is 31.2 Å². The Kier molecular flexibility index (Phi) is 5.41. The molecule has 0 unspecified atom stereocenters. The third-order valence-corrected chi connectivity index (χ3v) is 6.04. The Morgan fingerprint density at radius 2 is 2.10 bits per heavy atom. The van der Waals surface area contributed by atoms with Crippen LogP contribution in [0.5, 0.6) is 5.75 Å². The first-order valence-electron chi connectivity index (χ1n) is 10.8. The van der Waals surface area contributed by atoms with Gasteiger partial charge in [-0.2, -0.15) is 0 Å². The maximum absolute atomic E-state index is 13.2. The highest BCUT2D eigenvalue weighted by Gasteiger charge is 2.27. The van der Waals surface area contributed by atoms with Crippen LogP contribution in [0.25, 0.3) is 11.0 Å². The van der Waals surface area contributed by atoms with E-state index >= 15 is 0 Å². The van der Waals surface area contributed by atoms with Gasteiger partial charge in [-0.15, -0.1) is 0 Å². The first-order valence-corrected chi connectivity index (χ1v) is 10.8. The molecule has 1 N–H and O–H groups in total. The van der Waals surface area contributed by atoms with Crippen molar-refractivity contribution >= 4 is 16.9 Å². The summed E-state index contributed by atoms with van der Waals surface area (Å²) in [5.74, 6) is 1.98. The molecule has 0 aliphatic carbocycles. The topological polar surface area (TPSA) is 67.5 Å². The van der Waals surface area contributed by atoms with E-state index in [1.165, 1.54) is 0 Å². The number of carbonyl (C=O) groups excluding carboxylic acids is 1. The molecule has 3 heterocycles. The van der Waals surface area contributed by atoms with Gasteiger partial charge in [-0.25, -0.2) is 4.98 Å². The van der Waals surface area contributed by atoms with Crippen molar-refractivity contribution in [3.8, 4) is 5.75 Å². The summed E-state index contributed by atoms with van der Waals surface area (Å²) in [6, 6.07) is 15.6. The summed E-state index contributed by atoms with van der Waals surface area (Å²) in [6.07, 6.45) is 4.30.